The maximum absolute atomic E-state index is 15.2. The molecule has 0 bridgehead atoms. The average molecular weight is 444 g/mol. The van der Waals surface area contributed by atoms with Gasteiger partial charge < -0.3 is 5.32 Å². The van der Waals surface area contributed by atoms with Crippen LogP contribution in [0.1, 0.15) is 34.8 Å². The number of aromatic nitrogens is 2. The molecule has 4 rings (SSSR count). The van der Waals surface area contributed by atoms with Crippen LogP contribution in [-0.4, -0.2) is 23.2 Å². The minimum atomic E-state index is -0.672. The maximum Gasteiger partial charge on any atom is 0.253 e. The van der Waals surface area contributed by atoms with Gasteiger partial charge in [-0.3, -0.25) is 9.89 Å². The van der Waals surface area contributed by atoms with Crippen LogP contribution in [-0.2, 0) is 6.42 Å². The third-order valence-electron chi connectivity index (χ3n) is 5.67. The van der Waals surface area contributed by atoms with Crippen LogP contribution < -0.4 is 5.32 Å². The topological polar surface area (TPSA) is 62.1 Å². The van der Waals surface area contributed by atoms with Gasteiger partial charge in [0.1, 0.15) is 11.6 Å². The van der Waals surface area contributed by atoms with E-state index in [-0.39, 0.29) is 11.4 Å². The van der Waals surface area contributed by atoms with E-state index in [0.717, 1.165) is 24.0 Å². The summed E-state index contributed by atoms with van der Waals surface area (Å²) in [5.74, 6) is -1.57. The van der Waals surface area contributed by atoms with Gasteiger partial charge in [0.05, 0.1) is 23.3 Å². The highest BCUT2D eigenvalue weighted by Gasteiger charge is 2.19. The van der Waals surface area contributed by atoms with Crippen molar-refractivity contribution >= 4 is 22.5 Å². The van der Waals surface area contributed by atoms with Crippen molar-refractivity contribution in [3.05, 3.63) is 82.2 Å². The number of carbonyl (C=O) groups is 1. The highest BCUT2D eigenvalue weighted by Crippen LogP contribution is 2.40. The van der Waals surface area contributed by atoms with Crippen LogP contribution in [0.2, 0.25) is 0 Å². The fourth-order valence-electron chi connectivity index (χ4n) is 4.14. The third-order valence-corrected chi connectivity index (χ3v) is 5.67. The second kappa shape index (κ2) is 8.83. The molecule has 33 heavy (non-hydrogen) atoms. The molecule has 0 saturated carbocycles. The number of nitrogens with one attached hydrogen (secondary N) is 2. The lowest BCUT2D eigenvalue weighted by Gasteiger charge is -2.13. The predicted octanol–water partition coefficient (Wildman–Crippen LogP) is 6.35. The van der Waals surface area contributed by atoms with Crippen LogP contribution in [0.5, 0.6) is 0 Å². The summed E-state index contributed by atoms with van der Waals surface area (Å²) < 4.78 is 29.7. The van der Waals surface area contributed by atoms with Crippen LogP contribution in [0.3, 0.4) is 0 Å². The van der Waals surface area contributed by atoms with E-state index in [9.17, 15) is 9.18 Å². The van der Waals surface area contributed by atoms with Gasteiger partial charge in [-0.05, 0) is 54.3 Å². The number of amides is 1. The Balaban J connectivity index is 1.90. The van der Waals surface area contributed by atoms with E-state index in [1.807, 2.05) is 19.9 Å². The molecule has 1 amide bonds. The Bertz CT molecular complexity index is 1410. The number of halogens is 2. The molecule has 7 heteroatoms. The number of carbonyl (C=O) groups excluding carboxylic acids is 1. The van der Waals surface area contributed by atoms with Crippen molar-refractivity contribution in [1.29, 1.82) is 0 Å². The van der Waals surface area contributed by atoms with E-state index in [0.29, 0.717) is 39.0 Å². The van der Waals surface area contributed by atoms with E-state index >= 15 is 4.39 Å². The highest BCUT2D eigenvalue weighted by molar-refractivity contribution is 6.01. The molecular weight excluding hydrogens is 422 g/mol. The van der Waals surface area contributed by atoms with Crippen molar-refractivity contribution < 1.29 is 13.6 Å². The summed E-state index contributed by atoms with van der Waals surface area (Å²) in [6.07, 6.45) is 1.68. The van der Waals surface area contributed by atoms with E-state index in [1.165, 1.54) is 25.2 Å². The molecule has 5 nitrogen and oxygen atoms in total. The first-order chi connectivity index (χ1) is 15.9. The fraction of sp³-hybridized carbons (Fsp3) is 0.192. The van der Waals surface area contributed by atoms with E-state index < -0.39 is 11.7 Å². The average Bonchev–Trinajstić information content (AvgIpc) is 3.20. The molecule has 0 radical (unpaired) electrons. The number of benzene rings is 3. The molecule has 1 aromatic heterocycles. The smallest absolute Gasteiger partial charge is 0.253 e. The molecule has 0 saturated heterocycles. The summed E-state index contributed by atoms with van der Waals surface area (Å²) in [5, 5.41) is 10.2. The Morgan fingerprint density at radius 1 is 1.15 bits per heavy atom. The van der Waals surface area contributed by atoms with Crippen molar-refractivity contribution in [1.82, 2.24) is 15.5 Å². The standard InChI is InChI=1S/C26H22F2N4O/c1-5-6-15-9-14(2)24(21(28)10-15)18-12-19-23(13-22(18)29-3)31-32-25(19)16-7-8-17(20(27)11-16)26(33)30-4/h7-13H,5-6H2,1-2,4H3,(H,30,33)(H,31,32). The van der Waals surface area contributed by atoms with Crippen molar-refractivity contribution in [2.24, 2.45) is 0 Å². The molecule has 1 heterocycles. The Morgan fingerprint density at radius 2 is 1.94 bits per heavy atom. The molecule has 0 aliphatic carbocycles. The number of H-pyrrole nitrogens is 1. The zero-order valence-corrected chi connectivity index (χ0v) is 18.5. The maximum atomic E-state index is 15.2. The molecule has 166 valence electrons. The number of nitrogens with zero attached hydrogens (tertiary/aromatic N) is 2. The molecule has 0 atom stereocenters. The molecule has 0 spiro atoms. The summed E-state index contributed by atoms with van der Waals surface area (Å²) in [7, 11) is 1.43. The van der Waals surface area contributed by atoms with Gasteiger partial charge in [-0.25, -0.2) is 13.6 Å². The number of rotatable bonds is 5. The van der Waals surface area contributed by atoms with Crippen molar-refractivity contribution in [2.75, 3.05) is 7.05 Å². The number of aryl methyl sites for hydroxylation is 2. The van der Waals surface area contributed by atoms with Gasteiger partial charge in [0, 0.05) is 23.6 Å². The minimum Gasteiger partial charge on any atom is -0.355 e. The third kappa shape index (κ3) is 3.96. The van der Waals surface area contributed by atoms with Gasteiger partial charge in [-0.2, -0.15) is 5.10 Å². The highest BCUT2D eigenvalue weighted by atomic mass is 19.1. The normalized spacial score (nSPS) is 10.9. The Morgan fingerprint density at radius 3 is 2.58 bits per heavy atom. The summed E-state index contributed by atoms with van der Waals surface area (Å²) in [4.78, 5) is 15.4. The van der Waals surface area contributed by atoms with Crippen molar-refractivity contribution in [3.63, 3.8) is 0 Å². The van der Waals surface area contributed by atoms with E-state index in [2.05, 4.69) is 20.4 Å². The van der Waals surface area contributed by atoms with Gasteiger partial charge >= 0.3 is 0 Å². The zero-order valence-electron chi connectivity index (χ0n) is 18.5. The first kappa shape index (κ1) is 22.2. The molecule has 0 aliphatic heterocycles. The molecule has 2 N–H and O–H groups in total. The number of hydrogen-bond acceptors (Lipinski definition) is 2. The minimum absolute atomic E-state index is 0.0677. The van der Waals surface area contributed by atoms with Gasteiger partial charge in [-0.1, -0.05) is 31.5 Å². The molecular formula is C26H22F2N4O. The summed E-state index contributed by atoms with van der Waals surface area (Å²) in [6, 6.07) is 11.1. The van der Waals surface area contributed by atoms with Crippen LogP contribution >= 0.6 is 0 Å². The van der Waals surface area contributed by atoms with Gasteiger partial charge in [0.2, 0.25) is 0 Å². The number of hydrogen-bond donors (Lipinski definition) is 2. The first-order valence-corrected chi connectivity index (χ1v) is 10.6. The number of aromatic amines is 1. The molecule has 3 aromatic carbocycles. The Kier molecular flexibility index (Phi) is 5.93. The van der Waals surface area contributed by atoms with Crippen LogP contribution in [0.4, 0.5) is 14.5 Å². The lowest BCUT2D eigenvalue weighted by atomic mass is 9.93. The van der Waals surface area contributed by atoms with E-state index in [4.69, 9.17) is 6.57 Å². The molecule has 0 aliphatic rings. The molecule has 0 fully saturated rings. The van der Waals surface area contributed by atoms with Gasteiger partial charge in [0.25, 0.3) is 5.91 Å². The van der Waals surface area contributed by atoms with E-state index in [1.54, 1.807) is 18.2 Å². The Hall–Kier alpha value is -4.05. The van der Waals surface area contributed by atoms with Gasteiger partial charge in [0.15, 0.2) is 5.69 Å². The lowest BCUT2D eigenvalue weighted by molar-refractivity contribution is 0.0959. The van der Waals surface area contributed by atoms with Crippen molar-refractivity contribution in [2.45, 2.75) is 26.7 Å². The Labute approximate surface area is 190 Å². The molecule has 4 aromatic rings. The van der Waals surface area contributed by atoms with Crippen molar-refractivity contribution in [3.8, 4) is 22.4 Å². The SMILES string of the molecule is [C-]#[N+]c1cc2[nH]nc(-c3ccc(C(=O)NC)c(F)c3)c2cc1-c1c(C)cc(CCC)cc1F. The molecule has 0 unspecified atom stereocenters. The zero-order chi connectivity index (χ0) is 23.7. The largest absolute Gasteiger partial charge is 0.355 e. The summed E-state index contributed by atoms with van der Waals surface area (Å²) >= 11 is 0. The second-order valence-electron chi connectivity index (χ2n) is 7.89. The van der Waals surface area contributed by atoms with Gasteiger partial charge in [-0.15, -0.1) is 0 Å². The fourth-order valence-corrected chi connectivity index (χ4v) is 4.14. The van der Waals surface area contributed by atoms with Crippen LogP contribution in [0.15, 0.2) is 42.5 Å². The van der Waals surface area contributed by atoms with Crippen LogP contribution in [0.25, 0.3) is 38.1 Å². The summed E-state index contributed by atoms with van der Waals surface area (Å²) in [5.41, 5.74) is 4.21. The predicted molar refractivity (Wildman–Crippen MR) is 125 cm³/mol. The quantitative estimate of drug-likeness (QED) is 0.353. The second-order valence-corrected chi connectivity index (χ2v) is 7.89. The lowest BCUT2D eigenvalue weighted by Crippen LogP contribution is -2.19. The number of fused-ring (bicyclic) bond motifs is 1. The summed E-state index contributed by atoms with van der Waals surface area (Å²) in [6.45, 7) is 11.5. The first-order valence-electron chi connectivity index (χ1n) is 10.6. The monoisotopic (exact) mass is 444 g/mol. The van der Waals surface area contributed by atoms with Crippen LogP contribution in [0, 0.1) is 25.1 Å².